The van der Waals surface area contributed by atoms with Crippen LogP contribution in [0.2, 0.25) is 0 Å². The zero-order chi connectivity index (χ0) is 41.7. The van der Waals surface area contributed by atoms with E-state index in [0.29, 0.717) is 0 Å². The first-order valence-electron chi connectivity index (χ1n) is 21.7. The fourth-order valence-electron chi connectivity index (χ4n) is 10.3. The van der Waals surface area contributed by atoms with Crippen molar-refractivity contribution in [2.24, 2.45) is 0 Å². The molecule has 0 bridgehead atoms. The number of rotatable bonds is 8. The normalized spacial score (nSPS) is 12.6. The topological polar surface area (TPSA) is 16.4 Å². The number of benzene rings is 10. The molecule has 11 aromatic rings. The van der Waals surface area contributed by atoms with Crippen LogP contribution in [-0.2, 0) is 5.41 Å². The summed E-state index contributed by atoms with van der Waals surface area (Å²) in [6, 6.07) is 90.4. The van der Waals surface area contributed by atoms with Crippen molar-refractivity contribution in [1.29, 1.82) is 0 Å². The Morgan fingerprint density at radius 1 is 0.302 bits per heavy atom. The molecular weight excluding hydrogens is 763 g/mol. The molecule has 1 heterocycles. The van der Waals surface area contributed by atoms with E-state index in [1.807, 2.05) is 6.07 Å². The van der Waals surface area contributed by atoms with Crippen LogP contribution < -0.4 is 4.90 Å². The third-order valence-electron chi connectivity index (χ3n) is 13.0. The molecule has 0 saturated heterocycles. The molecule has 0 aliphatic heterocycles. The summed E-state index contributed by atoms with van der Waals surface area (Å²) < 4.78 is 6.41. The minimum atomic E-state index is -0.548. The van der Waals surface area contributed by atoms with Gasteiger partial charge in [0.1, 0.15) is 11.2 Å². The van der Waals surface area contributed by atoms with Gasteiger partial charge in [-0.3, -0.25) is 0 Å². The lowest BCUT2D eigenvalue weighted by molar-refractivity contribution is 0.669. The second-order valence-corrected chi connectivity index (χ2v) is 16.3. The van der Waals surface area contributed by atoms with Gasteiger partial charge in [-0.05, 0) is 104 Å². The maximum Gasteiger partial charge on any atom is 0.135 e. The molecule has 0 spiro atoms. The predicted octanol–water partition coefficient (Wildman–Crippen LogP) is 16.4. The van der Waals surface area contributed by atoms with Crippen molar-refractivity contribution in [3.63, 3.8) is 0 Å². The predicted molar refractivity (Wildman–Crippen MR) is 262 cm³/mol. The van der Waals surface area contributed by atoms with E-state index in [4.69, 9.17) is 4.42 Å². The molecule has 2 nitrogen and oxygen atoms in total. The summed E-state index contributed by atoms with van der Waals surface area (Å²) in [4.78, 5) is 2.46. The van der Waals surface area contributed by atoms with Crippen LogP contribution in [0.15, 0.2) is 253 Å². The molecule has 1 aliphatic rings. The molecule has 10 aromatic carbocycles. The van der Waals surface area contributed by atoms with Crippen molar-refractivity contribution in [3.8, 4) is 44.5 Å². The van der Waals surface area contributed by atoms with Crippen LogP contribution >= 0.6 is 0 Å². The number of anilines is 3. The molecule has 0 radical (unpaired) electrons. The van der Waals surface area contributed by atoms with Gasteiger partial charge in [-0.1, -0.05) is 206 Å². The van der Waals surface area contributed by atoms with E-state index in [0.717, 1.165) is 50.1 Å². The molecule has 2 heteroatoms. The first kappa shape index (κ1) is 36.6. The highest BCUT2D eigenvalue weighted by Gasteiger charge is 2.46. The van der Waals surface area contributed by atoms with Gasteiger partial charge in [0.05, 0.1) is 11.1 Å². The van der Waals surface area contributed by atoms with Gasteiger partial charge >= 0.3 is 0 Å². The molecule has 12 rings (SSSR count). The number of furan rings is 1. The SMILES string of the molecule is c1ccc(-c2ccccc2-c2ccccc2-c2ccccc2N(c2ccc3c(c2)C(c2ccccc2)(c2ccccc2)c2ccccc2-3)c2ccc3oc4ccccc4c3c2)cc1. The maximum atomic E-state index is 6.41. The number of para-hydroxylation sites is 2. The van der Waals surface area contributed by atoms with E-state index in [1.54, 1.807) is 0 Å². The standard InChI is InChI=1S/C61H41NO/c1-4-20-42(21-5-1)47-26-10-11-27-48(47)49-28-12-13-29-50(49)53-31-15-18-34-58(53)62(45-37-39-60-55(40-45)54-32-16-19-35-59(54)63-60)46-36-38-52-51-30-14-17-33-56(51)61(57(52)41-46,43-22-6-2-7-23-43)44-24-8-3-9-25-44/h1-41H. The van der Waals surface area contributed by atoms with E-state index in [2.05, 4.69) is 248 Å². The summed E-state index contributed by atoms with van der Waals surface area (Å²) in [6.07, 6.45) is 0. The molecule has 296 valence electrons. The van der Waals surface area contributed by atoms with Crippen LogP contribution in [0.4, 0.5) is 17.1 Å². The molecule has 0 fully saturated rings. The largest absolute Gasteiger partial charge is 0.456 e. The molecule has 63 heavy (non-hydrogen) atoms. The summed E-state index contributed by atoms with van der Waals surface area (Å²) in [5.74, 6) is 0. The highest BCUT2D eigenvalue weighted by Crippen LogP contribution is 2.57. The average Bonchev–Trinajstić information content (AvgIpc) is 3.88. The Balaban J connectivity index is 1.13. The zero-order valence-electron chi connectivity index (χ0n) is 34.5. The number of hydrogen-bond acceptors (Lipinski definition) is 2. The van der Waals surface area contributed by atoms with Crippen molar-refractivity contribution in [2.45, 2.75) is 5.41 Å². The van der Waals surface area contributed by atoms with E-state index in [1.165, 1.54) is 55.6 Å². The summed E-state index contributed by atoms with van der Waals surface area (Å²) in [5, 5.41) is 2.18. The molecule has 1 aliphatic carbocycles. The zero-order valence-corrected chi connectivity index (χ0v) is 34.5. The van der Waals surface area contributed by atoms with Crippen molar-refractivity contribution in [2.75, 3.05) is 4.90 Å². The van der Waals surface area contributed by atoms with Gasteiger partial charge in [-0.25, -0.2) is 0 Å². The van der Waals surface area contributed by atoms with Crippen molar-refractivity contribution in [1.82, 2.24) is 0 Å². The van der Waals surface area contributed by atoms with Gasteiger partial charge in [0.25, 0.3) is 0 Å². The van der Waals surface area contributed by atoms with Crippen molar-refractivity contribution >= 4 is 39.0 Å². The lowest BCUT2D eigenvalue weighted by Gasteiger charge is -2.35. The van der Waals surface area contributed by atoms with Gasteiger partial charge < -0.3 is 9.32 Å². The van der Waals surface area contributed by atoms with Gasteiger partial charge in [-0.2, -0.15) is 0 Å². The van der Waals surface area contributed by atoms with Gasteiger partial charge in [0, 0.05) is 27.7 Å². The molecule has 0 saturated carbocycles. The van der Waals surface area contributed by atoms with Gasteiger partial charge in [0.2, 0.25) is 0 Å². The summed E-state index contributed by atoms with van der Waals surface area (Å²) in [5.41, 5.74) is 19.0. The fourth-order valence-corrected chi connectivity index (χ4v) is 10.3. The van der Waals surface area contributed by atoms with Crippen LogP contribution in [-0.4, -0.2) is 0 Å². The molecule has 0 amide bonds. The highest BCUT2D eigenvalue weighted by atomic mass is 16.3. The quantitative estimate of drug-likeness (QED) is 0.152. The Kier molecular flexibility index (Phi) is 8.76. The van der Waals surface area contributed by atoms with Crippen LogP contribution in [0.3, 0.4) is 0 Å². The van der Waals surface area contributed by atoms with Crippen LogP contribution in [0.1, 0.15) is 22.3 Å². The summed E-state index contributed by atoms with van der Waals surface area (Å²) in [7, 11) is 0. The van der Waals surface area contributed by atoms with Crippen LogP contribution in [0.5, 0.6) is 0 Å². The third-order valence-corrected chi connectivity index (χ3v) is 13.0. The van der Waals surface area contributed by atoms with E-state index < -0.39 is 5.41 Å². The number of hydrogen-bond donors (Lipinski definition) is 0. The monoisotopic (exact) mass is 803 g/mol. The second kappa shape index (κ2) is 15.1. The fraction of sp³-hybridized carbons (Fsp3) is 0.0164. The Morgan fingerprint density at radius 2 is 0.778 bits per heavy atom. The third kappa shape index (κ3) is 5.87. The lowest BCUT2D eigenvalue weighted by Crippen LogP contribution is -2.28. The Hall–Kier alpha value is -8.20. The van der Waals surface area contributed by atoms with Crippen molar-refractivity contribution < 1.29 is 4.42 Å². The summed E-state index contributed by atoms with van der Waals surface area (Å²) >= 11 is 0. The second-order valence-electron chi connectivity index (χ2n) is 16.3. The highest BCUT2D eigenvalue weighted by molar-refractivity contribution is 6.07. The molecule has 0 atom stereocenters. The molecule has 0 unspecified atom stereocenters. The van der Waals surface area contributed by atoms with Crippen molar-refractivity contribution in [3.05, 3.63) is 271 Å². The average molecular weight is 804 g/mol. The van der Waals surface area contributed by atoms with Gasteiger partial charge in [0.15, 0.2) is 0 Å². The Labute approximate surface area is 367 Å². The Morgan fingerprint density at radius 3 is 1.49 bits per heavy atom. The van der Waals surface area contributed by atoms with E-state index >= 15 is 0 Å². The first-order valence-corrected chi connectivity index (χ1v) is 21.7. The van der Waals surface area contributed by atoms with E-state index in [9.17, 15) is 0 Å². The number of nitrogens with zero attached hydrogens (tertiary/aromatic N) is 1. The maximum absolute atomic E-state index is 6.41. The van der Waals surface area contributed by atoms with Crippen LogP contribution in [0.25, 0.3) is 66.4 Å². The smallest absolute Gasteiger partial charge is 0.135 e. The Bertz CT molecular complexity index is 3420. The summed E-state index contributed by atoms with van der Waals surface area (Å²) in [6.45, 7) is 0. The molecular formula is C61H41NO. The van der Waals surface area contributed by atoms with E-state index in [-0.39, 0.29) is 0 Å². The minimum Gasteiger partial charge on any atom is -0.456 e. The first-order chi connectivity index (χ1) is 31.3. The molecule has 0 N–H and O–H groups in total. The lowest BCUT2D eigenvalue weighted by atomic mass is 9.67. The van der Waals surface area contributed by atoms with Crippen LogP contribution in [0, 0.1) is 0 Å². The minimum absolute atomic E-state index is 0.548. The van der Waals surface area contributed by atoms with Gasteiger partial charge in [-0.15, -0.1) is 0 Å². The number of fused-ring (bicyclic) bond motifs is 6. The molecule has 1 aromatic heterocycles.